The fourth-order valence-corrected chi connectivity index (χ4v) is 2.43. The van der Waals surface area contributed by atoms with Crippen LogP contribution in [0.3, 0.4) is 0 Å². The van der Waals surface area contributed by atoms with Crippen LogP contribution >= 0.6 is 0 Å². The Hall–Kier alpha value is -0.740. The molecule has 0 heterocycles. The molecule has 4 heteroatoms. The number of hydrogen-bond acceptors (Lipinski definition) is 4. The van der Waals surface area contributed by atoms with Crippen molar-refractivity contribution in [3.63, 3.8) is 0 Å². The van der Waals surface area contributed by atoms with E-state index >= 15 is 0 Å². The van der Waals surface area contributed by atoms with Crippen LogP contribution in [0.4, 0.5) is 0 Å². The first-order chi connectivity index (χ1) is 8.52. The van der Waals surface area contributed by atoms with E-state index in [9.17, 15) is 9.59 Å². The first-order valence-electron chi connectivity index (χ1n) is 6.91. The summed E-state index contributed by atoms with van der Waals surface area (Å²) in [7, 11) is 3.81. The summed E-state index contributed by atoms with van der Waals surface area (Å²) >= 11 is 0. The third-order valence-corrected chi connectivity index (χ3v) is 3.43. The lowest BCUT2D eigenvalue weighted by molar-refractivity contribution is -0.161. The minimum atomic E-state index is -1.09. The molecule has 0 amide bonds. The lowest BCUT2D eigenvalue weighted by Gasteiger charge is -2.39. The molecule has 0 radical (unpaired) electrons. The Balaban J connectivity index is 5.52. The lowest BCUT2D eigenvalue weighted by atomic mass is 9.79. The Labute approximate surface area is 117 Å². The predicted molar refractivity (Wildman–Crippen MR) is 77.3 cm³/mol. The molecule has 0 rings (SSSR count). The smallest absolute Gasteiger partial charge is 0.231 e. The van der Waals surface area contributed by atoms with E-state index in [1.165, 1.54) is 0 Å². The average Bonchev–Trinajstić information content (AvgIpc) is 2.26. The number of carbonyl (C=O) groups is 2. The second-order valence-electron chi connectivity index (χ2n) is 6.34. The molecular weight excluding hydrogens is 242 g/mol. The van der Waals surface area contributed by atoms with E-state index in [4.69, 9.17) is 4.74 Å². The van der Waals surface area contributed by atoms with Crippen LogP contribution in [-0.2, 0) is 14.3 Å². The molecule has 0 fully saturated rings. The number of hydrogen-bond donors (Lipinski definition) is 0. The Bertz CT molecular complexity index is 331. The Morgan fingerprint density at radius 2 is 1.53 bits per heavy atom. The average molecular weight is 271 g/mol. The topological polar surface area (TPSA) is 46.6 Å². The maximum atomic E-state index is 12.6. The highest BCUT2D eigenvalue weighted by atomic mass is 16.5. The van der Waals surface area contributed by atoms with E-state index in [2.05, 4.69) is 0 Å². The van der Waals surface area contributed by atoms with E-state index in [1.807, 2.05) is 32.8 Å². The summed E-state index contributed by atoms with van der Waals surface area (Å²) in [5.74, 6) is -0.800. The van der Waals surface area contributed by atoms with Crippen molar-refractivity contribution in [1.29, 1.82) is 0 Å². The van der Waals surface area contributed by atoms with E-state index < -0.39 is 16.8 Å². The van der Waals surface area contributed by atoms with Gasteiger partial charge in [-0.05, 0) is 34.4 Å². The van der Waals surface area contributed by atoms with Crippen molar-refractivity contribution >= 4 is 11.6 Å². The number of ketones is 2. The van der Waals surface area contributed by atoms with Crippen molar-refractivity contribution in [3.8, 4) is 0 Å². The molecule has 2 atom stereocenters. The van der Waals surface area contributed by atoms with Crippen LogP contribution in [0.15, 0.2) is 0 Å². The van der Waals surface area contributed by atoms with Gasteiger partial charge in [-0.25, -0.2) is 0 Å². The van der Waals surface area contributed by atoms with Crippen LogP contribution in [0.2, 0.25) is 0 Å². The van der Waals surface area contributed by atoms with Crippen molar-refractivity contribution in [1.82, 2.24) is 4.90 Å². The summed E-state index contributed by atoms with van der Waals surface area (Å²) in [6.07, 6.45) is 0.743. The summed E-state index contributed by atoms with van der Waals surface area (Å²) in [6, 6.07) is -0.119. The van der Waals surface area contributed by atoms with Crippen molar-refractivity contribution in [2.45, 2.75) is 59.6 Å². The van der Waals surface area contributed by atoms with Crippen molar-refractivity contribution < 1.29 is 14.3 Å². The molecule has 0 saturated carbocycles. The standard InChI is InChI=1S/C15H29NO3/c1-9-11(16(7)8)15(6,19-10-2)13(18)12(17)14(3,4)5/h11H,9-10H2,1-8H3. The highest BCUT2D eigenvalue weighted by Gasteiger charge is 2.47. The van der Waals surface area contributed by atoms with Crippen LogP contribution < -0.4 is 0 Å². The van der Waals surface area contributed by atoms with Gasteiger partial charge in [0.1, 0.15) is 5.60 Å². The first kappa shape index (κ1) is 18.3. The number of carbonyl (C=O) groups excluding carboxylic acids is 2. The summed E-state index contributed by atoms with van der Waals surface area (Å²) in [5, 5.41) is 0. The van der Waals surface area contributed by atoms with Gasteiger partial charge in [0.25, 0.3) is 0 Å². The quantitative estimate of drug-likeness (QED) is 0.667. The van der Waals surface area contributed by atoms with Gasteiger partial charge in [-0.2, -0.15) is 0 Å². The minimum Gasteiger partial charge on any atom is -0.366 e. The molecule has 0 aromatic heterocycles. The zero-order valence-electron chi connectivity index (χ0n) is 13.7. The molecule has 4 nitrogen and oxygen atoms in total. The summed E-state index contributed by atoms with van der Waals surface area (Å²) in [5.41, 5.74) is -1.77. The van der Waals surface area contributed by atoms with Crippen LogP contribution in [0.25, 0.3) is 0 Å². The summed E-state index contributed by atoms with van der Waals surface area (Å²) in [4.78, 5) is 26.8. The third kappa shape index (κ3) is 4.11. The predicted octanol–water partition coefficient (Wildman–Crippen LogP) is 2.31. The number of likely N-dealkylation sites (N-methyl/N-ethyl adjacent to an activating group) is 1. The first-order valence-corrected chi connectivity index (χ1v) is 6.91. The highest BCUT2D eigenvalue weighted by molar-refractivity contribution is 6.42. The molecule has 0 aliphatic heterocycles. The Morgan fingerprint density at radius 3 is 1.79 bits per heavy atom. The molecule has 0 aliphatic rings. The molecule has 0 aliphatic carbocycles. The summed E-state index contributed by atoms with van der Waals surface area (Å²) in [6.45, 7) is 11.3. The van der Waals surface area contributed by atoms with E-state index in [0.29, 0.717) is 6.61 Å². The van der Waals surface area contributed by atoms with Crippen molar-refractivity contribution in [2.24, 2.45) is 5.41 Å². The van der Waals surface area contributed by atoms with Gasteiger partial charge in [0.15, 0.2) is 0 Å². The zero-order chi connectivity index (χ0) is 15.4. The maximum Gasteiger partial charge on any atom is 0.231 e. The van der Waals surface area contributed by atoms with Gasteiger partial charge in [0, 0.05) is 18.1 Å². The van der Waals surface area contributed by atoms with Gasteiger partial charge in [-0.15, -0.1) is 0 Å². The molecule has 0 bridgehead atoms. The van der Waals surface area contributed by atoms with Crippen LogP contribution in [0, 0.1) is 5.41 Å². The van der Waals surface area contributed by atoms with Crippen molar-refractivity contribution in [3.05, 3.63) is 0 Å². The second-order valence-corrected chi connectivity index (χ2v) is 6.34. The maximum absolute atomic E-state index is 12.6. The van der Waals surface area contributed by atoms with Gasteiger partial charge < -0.3 is 9.64 Å². The zero-order valence-corrected chi connectivity index (χ0v) is 13.7. The minimum absolute atomic E-state index is 0.119. The lowest BCUT2D eigenvalue weighted by Crippen LogP contribution is -2.58. The van der Waals surface area contributed by atoms with Gasteiger partial charge in [0.05, 0.1) is 0 Å². The fourth-order valence-electron chi connectivity index (χ4n) is 2.43. The molecule has 0 spiro atoms. The Morgan fingerprint density at radius 1 is 1.05 bits per heavy atom. The van der Waals surface area contributed by atoms with E-state index in [-0.39, 0.29) is 11.8 Å². The third-order valence-electron chi connectivity index (χ3n) is 3.43. The summed E-state index contributed by atoms with van der Waals surface area (Å²) < 4.78 is 5.71. The van der Waals surface area contributed by atoms with Crippen LogP contribution in [0.1, 0.15) is 48.0 Å². The molecular formula is C15H29NO3. The number of ether oxygens (including phenoxy) is 1. The fraction of sp³-hybridized carbons (Fsp3) is 0.867. The molecule has 0 saturated heterocycles. The highest BCUT2D eigenvalue weighted by Crippen LogP contribution is 2.27. The number of Topliss-reactive ketones (excluding diaryl/α,β-unsaturated/α-hetero) is 2. The van der Waals surface area contributed by atoms with Gasteiger partial charge in [0.2, 0.25) is 11.6 Å². The molecule has 2 unspecified atom stereocenters. The molecule has 0 aromatic carbocycles. The SMILES string of the molecule is CCOC(C)(C(=O)C(=O)C(C)(C)C)C(CC)N(C)C. The van der Waals surface area contributed by atoms with Crippen LogP contribution in [-0.4, -0.2) is 48.8 Å². The van der Waals surface area contributed by atoms with Gasteiger partial charge >= 0.3 is 0 Å². The molecule has 0 aromatic rings. The number of nitrogens with zero attached hydrogens (tertiary/aromatic N) is 1. The largest absolute Gasteiger partial charge is 0.366 e. The molecule has 0 N–H and O–H groups in total. The molecule has 19 heavy (non-hydrogen) atoms. The van der Waals surface area contributed by atoms with E-state index in [0.717, 1.165) is 6.42 Å². The van der Waals surface area contributed by atoms with Gasteiger partial charge in [-0.1, -0.05) is 27.7 Å². The number of rotatable bonds is 7. The molecule has 112 valence electrons. The van der Waals surface area contributed by atoms with E-state index in [1.54, 1.807) is 27.7 Å². The second kappa shape index (κ2) is 6.62. The Kier molecular flexibility index (Phi) is 6.36. The normalized spacial score (nSPS) is 17.1. The monoisotopic (exact) mass is 271 g/mol. The van der Waals surface area contributed by atoms with Gasteiger partial charge in [-0.3, -0.25) is 9.59 Å². The van der Waals surface area contributed by atoms with Crippen molar-refractivity contribution in [2.75, 3.05) is 20.7 Å². The van der Waals surface area contributed by atoms with Crippen LogP contribution in [0.5, 0.6) is 0 Å².